The maximum atomic E-state index is 13.1. The molecule has 0 fully saturated rings. The lowest BCUT2D eigenvalue weighted by Gasteiger charge is -2.15. The molecular weight excluding hydrogens is 326 g/mol. The van der Waals surface area contributed by atoms with Crippen LogP contribution in [0.2, 0.25) is 0 Å². The predicted molar refractivity (Wildman–Crippen MR) is 79.9 cm³/mol. The quantitative estimate of drug-likeness (QED) is 0.832. The van der Waals surface area contributed by atoms with Gasteiger partial charge in [-0.3, -0.25) is 4.79 Å². The second-order valence-electron chi connectivity index (χ2n) is 5.16. The van der Waals surface area contributed by atoms with Gasteiger partial charge >= 0.3 is 6.18 Å². The lowest BCUT2D eigenvalue weighted by molar-refractivity contribution is -0.137. The smallest absolute Gasteiger partial charge is 0.416 e. The molecule has 0 bridgehead atoms. The number of benzene rings is 2. The van der Waals surface area contributed by atoms with Crippen LogP contribution in [-0.2, 0) is 11.0 Å². The fourth-order valence-electron chi connectivity index (χ4n) is 2.03. The van der Waals surface area contributed by atoms with Crippen molar-refractivity contribution >= 4 is 5.91 Å². The van der Waals surface area contributed by atoms with Gasteiger partial charge in [-0.25, -0.2) is 4.39 Å². The third-order valence-electron chi connectivity index (χ3n) is 3.28. The van der Waals surface area contributed by atoms with Crippen LogP contribution in [0.25, 0.3) is 0 Å². The average Bonchev–Trinajstić information content (AvgIpc) is 2.52. The lowest BCUT2D eigenvalue weighted by Crippen LogP contribution is -2.31. The van der Waals surface area contributed by atoms with Crippen molar-refractivity contribution in [3.05, 3.63) is 65.5 Å². The second kappa shape index (κ2) is 7.33. The molecule has 0 aromatic heterocycles. The van der Waals surface area contributed by atoms with Crippen LogP contribution in [0.5, 0.6) is 5.75 Å². The van der Waals surface area contributed by atoms with Gasteiger partial charge < -0.3 is 10.1 Å². The number of carbonyl (C=O) groups excluding carboxylic acids is 1. The number of nitrogens with one attached hydrogen (secondary N) is 1. The fraction of sp³-hybridized carbons (Fsp3) is 0.235. The Morgan fingerprint density at radius 1 is 1.17 bits per heavy atom. The highest BCUT2D eigenvalue weighted by Gasteiger charge is 2.30. The molecule has 0 aliphatic rings. The van der Waals surface area contributed by atoms with Gasteiger partial charge in [0.2, 0.25) is 0 Å². The standard InChI is InChI=1S/C17H15F4NO2/c1-11(12-3-2-4-14(18)9-12)22-16(23)10-24-15-7-5-13(6-8-15)17(19,20)21/h2-9,11H,10H2,1H3,(H,22,23). The molecule has 2 aromatic carbocycles. The van der Waals surface area contributed by atoms with E-state index in [9.17, 15) is 22.4 Å². The van der Waals surface area contributed by atoms with E-state index in [1.165, 1.54) is 18.2 Å². The Labute approximate surface area is 136 Å². The van der Waals surface area contributed by atoms with E-state index in [0.29, 0.717) is 5.56 Å². The van der Waals surface area contributed by atoms with Crippen molar-refractivity contribution in [3.8, 4) is 5.75 Å². The topological polar surface area (TPSA) is 38.3 Å². The van der Waals surface area contributed by atoms with Crippen LogP contribution >= 0.6 is 0 Å². The highest BCUT2D eigenvalue weighted by Crippen LogP contribution is 2.30. The number of carbonyl (C=O) groups is 1. The number of halogens is 4. The molecule has 7 heteroatoms. The Hall–Kier alpha value is -2.57. The molecular formula is C17H15F4NO2. The Bertz CT molecular complexity index is 698. The summed E-state index contributed by atoms with van der Waals surface area (Å²) in [6, 6.07) is 9.43. The summed E-state index contributed by atoms with van der Waals surface area (Å²) in [6.07, 6.45) is -4.42. The molecule has 24 heavy (non-hydrogen) atoms. The molecule has 0 saturated heterocycles. The first-order chi connectivity index (χ1) is 11.3. The molecule has 0 heterocycles. The van der Waals surface area contributed by atoms with Gasteiger partial charge in [0, 0.05) is 0 Å². The largest absolute Gasteiger partial charge is 0.484 e. The zero-order valence-electron chi connectivity index (χ0n) is 12.7. The van der Waals surface area contributed by atoms with Gasteiger partial charge in [0.1, 0.15) is 11.6 Å². The summed E-state index contributed by atoms with van der Waals surface area (Å²) in [6.45, 7) is 1.33. The van der Waals surface area contributed by atoms with Crippen molar-refractivity contribution in [2.45, 2.75) is 19.1 Å². The zero-order valence-corrected chi connectivity index (χ0v) is 12.7. The third-order valence-corrected chi connectivity index (χ3v) is 3.28. The van der Waals surface area contributed by atoms with E-state index in [1.807, 2.05) is 0 Å². The van der Waals surface area contributed by atoms with Crippen LogP contribution in [0.1, 0.15) is 24.1 Å². The van der Waals surface area contributed by atoms with E-state index in [4.69, 9.17) is 4.74 Å². The van der Waals surface area contributed by atoms with Crippen molar-refractivity contribution in [1.82, 2.24) is 5.32 Å². The number of alkyl halides is 3. The first kappa shape index (κ1) is 17.8. The van der Waals surface area contributed by atoms with Gasteiger partial charge in [0.05, 0.1) is 11.6 Å². The summed E-state index contributed by atoms with van der Waals surface area (Å²) in [7, 11) is 0. The van der Waals surface area contributed by atoms with Gasteiger partial charge in [-0.05, 0) is 48.9 Å². The van der Waals surface area contributed by atoms with Gasteiger partial charge in [-0.2, -0.15) is 13.2 Å². The summed E-state index contributed by atoms with van der Waals surface area (Å²) in [5, 5.41) is 2.62. The van der Waals surface area contributed by atoms with Crippen LogP contribution in [0.4, 0.5) is 17.6 Å². The molecule has 0 aliphatic carbocycles. The summed E-state index contributed by atoms with van der Waals surface area (Å²) in [5.41, 5.74) is -0.197. The first-order valence-corrected chi connectivity index (χ1v) is 7.10. The molecule has 0 spiro atoms. The predicted octanol–water partition coefficient (Wildman–Crippen LogP) is 4.10. The third kappa shape index (κ3) is 4.97. The normalized spacial score (nSPS) is 12.5. The van der Waals surface area contributed by atoms with Crippen molar-refractivity contribution in [2.24, 2.45) is 0 Å². The fourth-order valence-corrected chi connectivity index (χ4v) is 2.03. The lowest BCUT2D eigenvalue weighted by atomic mass is 10.1. The minimum atomic E-state index is -4.42. The Kier molecular flexibility index (Phi) is 5.43. The van der Waals surface area contributed by atoms with Crippen LogP contribution in [0, 0.1) is 5.82 Å². The maximum Gasteiger partial charge on any atom is 0.416 e. The molecule has 0 aliphatic heterocycles. The minimum absolute atomic E-state index is 0.150. The SMILES string of the molecule is CC(NC(=O)COc1ccc(C(F)(F)F)cc1)c1cccc(F)c1. The van der Waals surface area contributed by atoms with Crippen LogP contribution < -0.4 is 10.1 Å². The number of ether oxygens (including phenoxy) is 1. The second-order valence-corrected chi connectivity index (χ2v) is 5.16. The van der Waals surface area contributed by atoms with E-state index in [0.717, 1.165) is 24.3 Å². The molecule has 1 amide bonds. The molecule has 0 saturated carbocycles. The van der Waals surface area contributed by atoms with E-state index >= 15 is 0 Å². The first-order valence-electron chi connectivity index (χ1n) is 7.10. The molecule has 2 aromatic rings. The van der Waals surface area contributed by atoms with E-state index in [-0.39, 0.29) is 12.4 Å². The molecule has 128 valence electrons. The number of rotatable bonds is 5. The molecule has 0 radical (unpaired) electrons. The summed E-state index contributed by atoms with van der Waals surface area (Å²) in [5.74, 6) is -0.724. The minimum Gasteiger partial charge on any atom is -0.484 e. The highest BCUT2D eigenvalue weighted by molar-refractivity contribution is 5.78. The van der Waals surface area contributed by atoms with Crippen LogP contribution in [0.15, 0.2) is 48.5 Å². The number of amides is 1. The van der Waals surface area contributed by atoms with Crippen molar-refractivity contribution in [3.63, 3.8) is 0 Å². The number of hydrogen-bond acceptors (Lipinski definition) is 2. The number of hydrogen-bond donors (Lipinski definition) is 1. The van der Waals surface area contributed by atoms with Crippen molar-refractivity contribution in [1.29, 1.82) is 0 Å². The van der Waals surface area contributed by atoms with Gasteiger partial charge in [0.25, 0.3) is 5.91 Å². The Balaban J connectivity index is 1.87. The van der Waals surface area contributed by atoms with Gasteiger partial charge in [0.15, 0.2) is 6.61 Å². The Morgan fingerprint density at radius 3 is 2.42 bits per heavy atom. The van der Waals surface area contributed by atoms with Gasteiger partial charge in [-0.1, -0.05) is 12.1 Å². The van der Waals surface area contributed by atoms with Gasteiger partial charge in [-0.15, -0.1) is 0 Å². The van der Waals surface area contributed by atoms with Crippen LogP contribution in [-0.4, -0.2) is 12.5 Å². The molecule has 1 unspecified atom stereocenters. The van der Waals surface area contributed by atoms with E-state index in [2.05, 4.69) is 5.32 Å². The van der Waals surface area contributed by atoms with E-state index in [1.54, 1.807) is 13.0 Å². The molecule has 1 atom stereocenters. The molecule has 2 rings (SSSR count). The molecule has 1 N–H and O–H groups in total. The maximum absolute atomic E-state index is 13.1. The average molecular weight is 341 g/mol. The summed E-state index contributed by atoms with van der Waals surface area (Å²) in [4.78, 5) is 11.8. The summed E-state index contributed by atoms with van der Waals surface area (Å²) < 4.78 is 55.6. The van der Waals surface area contributed by atoms with Crippen molar-refractivity contribution in [2.75, 3.05) is 6.61 Å². The van der Waals surface area contributed by atoms with E-state index < -0.39 is 29.5 Å². The zero-order chi connectivity index (χ0) is 17.7. The highest BCUT2D eigenvalue weighted by atomic mass is 19.4. The van der Waals surface area contributed by atoms with Crippen LogP contribution in [0.3, 0.4) is 0 Å². The molecule has 3 nitrogen and oxygen atoms in total. The monoisotopic (exact) mass is 341 g/mol. The summed E-state index contributed by atoms with van der Waals surface area (Å²) >= 11 is 0. The Morgan fingerprint density at radius 2 is 1.83 bits per heavy atom. The van der Waals surface area contributed by atoms with Crippen molar-refractivity contribution < 1.29 is 27.1 Å².